The molecule has 2 aromatic carbocycles. The second kappa shape index (κ2) is 8.75. The van der Waals surface area contributed by atoms with Crippen LogP contribution < -0.4 is 10.6 Å². The lowest BCUT2D eigenvalue weighted by Crippen LogP contribution is -2.14. The van der Waals surface area contributed by atoms with E-state index in [0.717, 1.165) is 0 Å². The number of hydrogen-bond acceptors (Lipinski definition) is 7. The average molecular weight is 390 g/mol. The van der Waals surface area contributed by atoms with Crippen LogP contribution in [0.4, 0.5) is 17.2 Å². The van der Waals surface area contributed by atoms with E-state index in [2.05, 4.69) is 20.6 Å². The van der Waals surface area contributed by atoms with Gasteiger partial charge in [0.25, 0.3) is 5.91 Å². The number of aromatic nitrogens is 2. The van der Waals surface area contributed by atoms with Gasteiger partial charge in [-0.05, 0) is 43.3 Å². The van der Waals surface area contributed by atoms with Crippen molar-refractivity contribution in [2.24, 2.45) is 0 Å². The van der Waals surface area contributed by atoms with E-state index in [1.54, 1.807) is 48.5 Å². The summed E-state index contributed by atoms with van der Waals surface area (Å²) in [7, 11) is 1.30. The largest absolute Gasteiger partial charge is 0.465 e. The molecule has 1 heterocycles. The lowest BCUT2D eigenvalue weighted by Gasteiger charge is -2.11. The van der Waals surface area contributed by atoms with Gasteiger partial charge in [0.15, 0.2) is 5.78 Å². The van der Waals surface area contributed by atoms with E-state index >= 15 is 0 Å². The van der Waals surface area contributed by atoms with Crippen LogP contribution in [0.25, 0.3) is 0 Å². The smallest absolute Gasteiger partial charge is 0.339 e. The fourth-order valence-corrected chi connectivity index (χ4v) is 2.55. The van der Waals surface area contributed by atoms with Crippen molar-refractivity contribution in [2.45, 2.75) is 6.92 Å². The highest BCUT2D eigenvalue weighted by Gasteiger charge is 2.13. The van der Waals surface area contributed by atoms with E-state index in [0.29, 0.717) is 28.3 Å². The first kappa shape index (κ1) is 19.7. The Balaban J connectivity index is 1.77. The molecular formula is C21H18N4O4. The first-order valence-corrected chi connectivity index (χ1v) is 8.66. The molecule has 29 heavy (non-hydrogen) atoms. The van der Waals surface area contributed by atoms with Crippen LogP contribution in [0.1, 0.15) is 38.1 Å². The highest BCUT2D eigenvalue weighted by atomic mass is 16.5. The van der Waals surface area contributed by atoms with Crippen molar-refractivity contribution >= 4 is 34.9 Å². The number of methoxy groups -OCH3 is 1. The van der Waals surface area contributed by atoms with Gasteiger partial charge >= 0.3 is 5.97 Å². The zero-order chi connectivity index (χ0) is 20.8. The molecule has 0 aliphatic rings. The first-order valence-electron chi connectivity index (χ1n) is 8.66. The number of esters is 1. The molecule has 0 spiro atoms. The molecule has 1 amide bonds. The summed E-state index contributed by atoms with van der Waals surface area (Å²) in [5, 5.41) is 5.71. The van der Waals surface area contributed by atoms with E-state index in [1.807, 2.05) is 0 Å². The standard InChI is InChI=1S/C21H18N4O4/c1-13(26)14-7-9-15(10-8-14)24-20(27)18-11-19(23-12-22-18)25-17-6-4-3-5-16(17)21(28)29-2/h3-12H,1-2H3,(H,24,27)(H,22,23,25). The van der Waals surface area contributed by atoms with Crippen molar-refractivity contribution in [2.75, 3.05) is 17.7 Å². The summed E-state index contributed by atoms with van der Waals surface area (Å²) in [5.41, 5.74) is 2.05. The summed E-state index contributed by atoms with van der Waals surface area (Å²) in [5.74, 6) is -0.642. The maximum absolute atomic E-state index is 12.5. The van der Waals surface area contributed by atoms with Crippen molar-refractivity contribution in [3.05, 3.63) is 77.7 Å². The topological polar surface area (TPSA) is 110 Å². The molecule has 146 valence electrons. The normalized spacial score (nSPS) is 10.1. The third-order valence-corrected chi connectivity index (χ3v) is 4.04. The maximum atomic E-state index is 12.5. The fraction of sp³-hybridized carbons (Fsp3) is 0.0952. The summed E-state index contributed by atoms with van der Waals surface area (Å²) in [6.45, 7) is 1.47. The van der Waals surface area contributed by atoms with Gasteiger partial charge in [0.2, 0.25) is 0 Å². The Morgan fingerprint density at radius 1 is 0.966 bits per heavy atom. The Bertz CT molecular complexity index is 1060. The number of para-hydroxylation sites is 1. The molecule has 8 heteroatoms. The molecule has 0 bridgehead atoms. The molecule has 0 saturated carbocycles. The number of nitrogens with one attached hydrogen (secondary N) is 2. The lowest BCUT2D eigenvalue weighted by atomic mass is 10.1. The molecule has 0 radical (unpaired) electrons. The molecule has 3 aromatic rings. The number of nitrogens with zero attached hydrogens (tertiary/aromatic N) is 2. The van der Waals surface area contributed by atoms with Crippen molar-refractivity contribution in [1.82, 2.24) is 9.97 Å². The summed E-state index contributed by atoms with van der Waals surface area (Å²) < 4.78 is 4.77. The third-order valence-electron chi connectivity index (χ3n) is 4.04. The van der Waals surface area contributed by atoms with Crippen LogP contribution in [-0.4, -0.2) is 34.7 Å². The van der Waals surface area contributed by atoms with Crippen molar-refractivity contribution in [1.29, 1.82) is 0 Å². The maximum Gasteiger partial charge on any atom is 0.339 e. The molecule has 2 N–H and O–H groups in total. The predicted octanol–water partition coefficient (Wildman–Crippen LogP) is 3.46. The number of benzene rings is 2. The first-order chi connectivity index (χ1) is 14.0. The summed E-state index contributed by atoms with van der Waals surface area (Å²) in [4.78, 5) is 43.8. The zero-order valence-electron chi connectivity index (χ0n) is 15.8. The van der Waals surface area contributed by atoms with Gasteiger partial charge in [-0.2, -0.15) is 0 Å². The van der Waals surface area contributed by atoms with Crippen LogP contribution in [0.5, 0.6) is 0 Å². The molecule has 0 atom stereocenters. The summed E-state index contributed by atoms with van der Waals surface area (Å²) in [6.07, 6.45) is 1.25. The molecule has 0 fully saturated rings. The molecule has 0 aliphatic carbocycles. The third kappa shape index (κ3) is 4.81. The number of Topliss-reactive ketones (excluding diaryl/α,β-unsaturated/α-hetero) is 1. The highest BCUT2D eigenvalue weighted by Crippen LogP contribution is 2.21. The monoisotopic (exact) mass is 390 g/mol. The highest BCUT2D eigenvalue weighted by molar-refractivity contribution is 6.04. The number of amides is 1. The van der Waals surface area contributed by atoms with Gasteiger partial charge in [-0.1, -0.05) is 12.1 Å². The van der Waals surface area contributed by atoms with Crippen LogP contribution >= 0.6 is 0 Å². The van der Waals surface area contributed by atoms with Crippen molar-refractivity contribution in [3.63, 3.8) is 0 Å². The minimum absolute atomic E-state index is 0.0540. The van der Waals surface area contributed by atoms with Gasteiger partial charge in [-0.15, -0.1) is 0 Å². The van der Waals surface area contributed by atoms with E-state index in [9.17, 15) is 14.4 Å². The Kier molecular flexibility index (Phi) is 5.94. The number of rotatable bonds is 6. The van der Waals surface area contributed by atoms with E-state index < -0.39 is 11.9 Å². The van der Waals surface area contributed by atoms with Crippen LogP contribution in [-0.2, 0) is 4.74 Å². The van der Waals surface area contributed by atoms with E-state index in [-0.39, 0.29) is 11.5 Å². The molecule has 0 unspecified atom stereocenters. The Morgan fingerprint density at radius 3 is 2.38 bits per heavy atom. The Hall–Kier alpha value is -4.07. The van der Waals surface area contributed by atoms with Gasteiger partial charge in [0.1, 0.15) is 17.8 Å². The minimum Gasteiger partial charge on any atom is -0.465 e. The van der Waals surface area contributed by atoms with Crippen LogP contribution in [0.3, 0.4) is 0 Å². The van der Waals surface area contributed by atoms with Crippen LogP contribution in [0.15, 0.2) is 60.9 Å². The number of ketones is 1. The molecule has 3 rings (SSSR count). The number of anilines is 3. The number of carbonyl (C=O) groups excluding carboxylic acids is 3. The number of carbonyl (C=O) groups is 3. The summed E-state index contributed by atoms with van der Waals surface area (Å²) >= 11 is 0. The van der Waals surface area contributed by atoms with Crippen molar-refractivity contribution in [3.8, 4) is 0 Å². The van der Waals surface area contributed by atoms with Gasteiger partial charge in [0.05, 0.1) is 18.4 Å². The number of hydrogen-bond donors (Lipinski definition) is 2. The van der Waals surface area contributed by atoms with Gasteiger partial charge in [0, 0.05) is 17.3 Å². The Morgan fingerprint density at radius 2 is 1.69 bits per heavy atom. The second-order valence-electron chi connectivity index (χ2n) is 6.04. The minimum atomic E-state index is -0.492. The quantitative estimate of drug-likeness (QED) is 0.490. The average Bonchev–Trinajstić information content (AvgIpc) is 2.74. The SMILES string of the molecule is COC(=O)c1ccccc1Nc1cc(C(=O)Nc2ccc(C(C)=O)cc2)ncn1. The molecule has 8 nitrogen and oxygen atoms in total. The lowest BCUT2D eigenvalue weighted by molar-refractivity contribution is 0.0601. The fourth-order valence-electron chi connectivity index (χ4n) is 2.55. The second-order valence-corrected chi connectivity index (χ2v) is 6.04. The Labute approximate surface area is 167 Å². The van der Waals surface area contributed by atoms with E-state index in [4.69, 9.17) is 4.74 Å². The molecular weight excluding hydrogens is 372 g/mol. The molecule has 0 aliphatic heterocycles. The summed E-state index contributed by atoms with van der Waals surface area (Å²) in [6, 6.07) is 14.8. The molecule has 1 aromatic heterocycles. The number of ether oxygens (including phenoxy) is 1. The zero-order valence-corrected chi connectivity index (χ0v) is 15.8. The van der Waals surface area contributed by atoms with E-state index in [1.165, 1.54) is 26.4 Å². The van der Waals surface area contributed by atoms with Crippen LogP contribution in [0.2, 0.25) is 0 Å². The van der Waals surface area contributed by atoms with Gasteiger partial charge in [-0.25, -0.2) is 14.8 Å². The molecule has 0 saturated heterocycles. The predicted molar refractivity (Wildman–Crippen MR) is 107 cm³/mol. The van der Waals surface area contributed by atoms with Gasteiger partial charge < -0.3 is 15.4 Å². The van der Waals surface area contributed by atoms with Gasteiger partial charge in [-0.3, -0.25) is 9.59 Å². The van der Waals surface area contributed by atoms with Crippen LogP contribution in [0, 0.1) is 0 Å². The van der Waals surface area contributed by atoms with Crippen molar-refractivity contribution < 1.29 is 19.1 Å².